The van der Waals surface area contributed by atoms with Crippen molar-refractivity contribution in [3.63, 3.8) is 0 Å². The molecule has 0 aromatic carbocycles. The Labute approximate surface area is 148 Å². The molecule has 25 heavy (non-hydrogen) atoms. The summed E-state index contributed by atoms with van der Waals surface area (Å²) in [5.74, 6) is 0. The van der Waals surface area contributed by atoms with Crippen molar-refractivity contribution in [1.29, 1.82) is 0 Å². The van der Waals surface area contributed by atoms with Gasteiger partial charge in [-0.25, -0.2) is 4.39 Å². The van der Waals surface area contributed by atoms with Crippen LogP contribution in [0.25, 0.3) is 17.5 Å². The summed E-state index contributed by atoms with van der Waals surface area (Å²) < 4.78 is 28.0. The molecule has 0 spiro atoms. The van der Waals surface area contributed by atoms with E-state index in [-0.39, 0.29) is 0 Å². The van der Waals surface area contributed by atoms with Gasteiger partial charge >= 0.3 is 7.12 Å². The first kappa shape index (κ1) is 17.8. The van der Waals surface area contributed by atoms with Gasteiger partial charge in [-0.15, -0.1) is 0 Å². The second kappa shape index (κ2) is 6.39. The first-order valence-electron chi connectivity index (χ1n) is 8.45. The maximum atomic E-state index is 14.8. The number of halogens is 1. The number of aromatic nitrogens is 3. The van der Waals surface area contributed by atoms with Crippen molar-refractivity contribution in [2.45, 2.75) is 52.4 Å². The Balaban J connectivity index is 1.89. The van der Waals surface area contributed by atoms with Gasteiger partial charge in [0.2, 0.25) is 0 Å². The van der Waals surface area contributed by atoms with Crippen LogP contribution in [0, 0.1) is 0 Å². The molecule has 7 heteroatoms. The summed E-state index contributed by atoms with van der Waals surface area (Å²) in [6.07, 6.45) is 3.13. The van der Waals surface area contributed by atoms with Gasteiger partial charge in [0.15, 0.2) is 0 Å². The van der Waals surface area contributed by atoms with E-state index in [4.69, 9.17) is 9.31 Å². The topological polar surface area (TPSA) is 49.2 Å². The summed E-state index contributed by atoms with van der Waals surface area (Å²) in [6, 6.07) is 7.43. The Morgan fingerprint density at radius 3 is 2.44 bits per heavy atom. The van der Waals surface area contributed by atoms with Crippen LogP contribution in [-0.4, -0.2) is 33.1 Å². The van der Waals surface area contributed by atoms with Gasteiger partial charge in [-0.2, -0.15) is 5.10 Å². The highest BCUT2D eigenvalue weighted by molar-refractivity contribution is 6.54. The van der Waals surface area contributed by atoms with Crippen LogP contribution in [0.3, 0.4) is 0 Å². The van der Waals surface area contributed by atoms with Crippen LogP contribution in [0.5, 0.6) is 0 Å². The van der Waals surface area contributed by atoms with Crippen molar-refractivity contribution in [3.8, 4) is 11.4 Å². The molecule has 3 rings (SSSR count). The third-order valence-corrected chi connectivity index (χ3v) is 4.80. The first-order valence-corrected chi connectivity index (χ1v) is 8.45. The molecule has 3 heterocycles. The molecule has 1 fully saturated rings. The third-order valence-electron chi connectivity index (χ3n) is 4.80. The Morgan fingerprint density at radius 2 is 1.88 bits per heavy atom. The van der Waals surface area contributed by atoms with Crippen LogP contribution in [0.4, 0.5) is 4.39 Å². The fourth-order valence-electron chi connectivity index (χ4n) is 2.61. The summed E-state index contributed by atoms with van der Waals surface area (Å²) in [5.41, 5.74) is 0.479. The Hall–Kier alpha value is -1.99. The molecule has 5 nitrogen and oxygen atoms in total. The smallest absolute Gasteiger partial charge is 0.398 e. The molecule has 2 aromatic rings. The molecule has 2 aromatic heterocycles. The number of aryl methyl sites for hydroxylation is 1. The molecule has 0 bridgehead atoms. The first-order chi connectivity index (χ1) is 11.7. The standard InChI is InChI=1S/C18H23BFN3O2/c1-6-23-13(11-15(22-23)14-9-7-8-10-21-14)12-16(20)19-24-17(2,3)18(4,5)25-19/h7-12H,6H2,1-5H3. The number of pyridine rings is 1. The fourth-order valence-corrected chi connectivity index (χ4v) is 2.61. The Bertz CT molecular complexity index is 771. The third kappa shape index (κ3) is 3.39. The lowest BCUT2D eigenvalue weighted by Crippen LogP contribution is -2.41. The van der Waals surface area contributed by atoms with Crippen molar-refractivity contribution < 1.29 is 13.7 Å². The Kier molecular flexibility index (Phi) is 4.55. The lowest BCUT2D eigenvalue weighted by Gasteiger charge is -2.32. The van der Waals surface area contributed by atoms with E-state index in [1.807, 2.05) is 58.9 Å². The largest absolute Gasteiger partial charge is 0.525 e. The van der Waals surface area contributed by atoms with E-state index in [2.05, 4.69) is 10.1 Å². The molecule has 0 saturated carbocycles. The summed E-state index contributed by atoms with van der Waals surface area (Å²) in [7, 11) is -1.01. The van der Waals surface area contributed by atoms with E-state index < -0.39 is 24.0 Å². The highest BCUT2D eigenvalue weighted by Gasteiger charge is 2.53. The Morgan fingerprint density at radius 1 is 1.20 bits per heavy atom. The van der Waals surface area contributed by atoms with Gasteiger partial charge in [0.05, 0.1) is 22.6 Å². The second-order valence-electron chi connectivity index (χ2n) is 7.10. The highest BCUT2D eigenvalue weighted by Crippen LogP contribution is 2.39. The van der Waals surface area contributed by atoms with Crippen LogP contribution in [-0.2, 0) is 15.9 Å². The van der Waals surface area contributed by atoms with Crippen molar-refractivity contribution in [2.24, 2.45) is 0 Å². The van der Waals surface area contributed by atoms with Crippen molar-refractivity contribution >= 4 is 13.2 Å². The minimum absolute atomic E-state index is 0.471. The maximum absolute atomic E-state index is 14.8. The average Bonchev–Trinajstić information content (AvgIpc) is 3.06. The molecule has 1 saturated heterocycles. The van der Waals surface area contributed by atoms with Gasteiger partial charge < -0.3 is 9.31 Å². The van der Waals surface area contributed by atoms with Crippen LogP contribution < -0.4 is 0 Å². The van der Waals surface area contributed by atoms with Gasteiger partial charge in [-0.1, -0.05) is 6.07 Å². The van der Waals surface area contributed by atoms with Crippen LogP contribution in [0.15, 0.2) is 36.2 Å². The summed E-state index contributed by atoms with van der Waals surface area (Å²) in [4.78, 5) is 4.29. The minimum Gasteiger partial charge on any atom is -0.398 e. The van der Waals surface area contributed by atoms with E-state index in [0.29, 0.717) is 17.9 Å². The van der Waals surface area contributed by atoms with Gasteiger partial charge in [-0.05, 0) is 58.9 Å². The van der Waals surface area contributed by atoms with Crippen LogP contribution in [0.2, 0.25) is 0 Å². The molecule has 1 aliphatic heterocycles. The molecule has 132 valence electrons. The van der Waals surface area contributed by atoms with Gasteiger partial charge in [0, 0.05) is 12.7 Å². The van der Waals surface area contributed by atoms with E-state index in [1.54, 1.807) is 10.9 Å². The predicted octanol–water partition coefficient (Wildman–Crippen LogP) is 3.91. The molecule has 0 radical (unpaired) electrons. The lowest BCUT2D eigenvalue weighted by molar-refractivity contribution is 0.00578. The maximum Gasteiger partial charge on any atom is 0.525 e. The number of rotatable bonds is 4. The number of nitrogens with zero attached hydrogens (tertiary/aromatic N) is 3. The van der Waals surface area contributed by atoms with E-state index in [1.165, 1.54) is 6.08 Å². The quantitative estimate of drug-likeness (QED) is 0.790. The summed E-state index contributed by atoms with van der Waals surface area (Å²) in [5, 5.41) is 4.50. The highest BCUT2D eigenvalue weighted by atomic mass is 19.1. The molecule has 0 aliphatic carbocycles. The van der Waals surface area contributed by atoms with Gasteiger partial charge in [0.25, 0.3) is 0 Å². The zero-order valence-electron chi connectivity index (χ0n) is 15.3. The zero-order valence-corrected chi connectivity index (χ0v) is 15.3. The monoisotopic (exact) mass is 343 g/mol. The molecule has 0 unspecified atom stereocenters. The van der Waals surface area contributed by atoms with Gasteiger partial charge in [-0.3, -0.25) is 9.67 Å². The number of hydrogen-bond donors (Lipinski definition) is 0. The molecule has 0 atom stereocenters. The van der Waals surface area contributed by atoms with E-state index in [0.717, 1.165) is 5.69 Å². The summed E-state index contributed by atoms with van der Waals surface area (Å²) in [6.45, 7) is 10.2. The lowest BCUT2D eigenvalue weighted by atomic mass is 9.87. The predicted molar refractivity (Wildman–Crippen MR) is 96.3 cm³/mol. The average molecular weight is 343 g/mol. The SMILES string of the molecule is CCn1nc(-c2ccccn2)cc1C=C(F)B1OC(C)(C)C(C)(C)O1. The fraction of sp³-hybridized carbons (Fsp3) is 0.444. The van der Waals surface area contributed by atoms with Crippen LogP contribution >= 0.6 is 0 Å². The van der Waals surface area contributed by atoms with E-state index >= 15 is 0 Å². The van der Waals surface area contributed by atoms with E-state index in [9.17, 15) is 4.39 Å². The molecule has 0 N–H and O–H groups in total. The molecular formula is C18H23BFN3O2. The second-order valence-corrected chi connectivity index (χ2v) is 7.10. The minimum atomic E-state index is -1.01. The van der Waals surface area contributed by atoms with Crippen molar-refractivity contribution in [2.75, 3.05) is 0 Å². The van der Waals surface area contributed by atoms with Crippen molar-refractivity contribution in [1.82, 2.24) is 14.8 Å². The molecule has 0 amide bonds. The molecular weight excluding hydrogens is 320 g/mol. The normalized spacial score (nSPS) is 19.4. The zero-order chi connectivity index (χ0) is 18.2. The van der Waals surface area contributed by atoms with Gasteiger partial charge in [0.1, 0.15) is 11.4 Å². The van der Waals surface area contributed by atoms with Crippen LogP contribution in [0.1, 0.15) is 40.3 Å². The van der Waals surface area contributed by atoms with Crippen molar-refractivity contribution in [3.05, 3.63) is 41.9 Å². The molecule has 1 aliphatic rings. The number of hydrogen-bond acceptors (Lipinski definition) is 4. The summed E-state index contributed by atoms with van der Waals surface area (Å²) >= 11 is 0.